The van der Waals surface area contributed by atoms with E-state index in [-0.39, 0.29) is 56.4 Å². The first-order chi connectivity index (χ1) is 17.4. The molecule has 0 aromatic heterocycles. The molecule has 1 N–H and O–H groups in total. The summed E-state index contributed by atoms with van der Waals surface area (Å²) in [5.41, 5.74) is 0.991. The Morgan fingerprint density at radius 2 is 1.86 bits per heavy atom. The fourth-order valence-electron chi connectivity index (χ4n) is 5.51. The average Bonchev–Trinajstić information content (AvgIpc) is 3.22. The van der Waals surface area contributed by atoms with Crippen molar-refractivity contribution in [2.75, 3.05) is 46.9 Å². The molecule has 2 atom stereocenters. The maximum Gasteiger partial charge on any atom is 0.320 e. The second kappa shape index (κ2) is 11.5. The van der Waals surface area contributed by atoms with Crippen LogP contribution in [-0.2, 0) is 14.9 Å². The Morgan fingerprint density at radius 3 is 2.49 bits per heavy atom. The zero-order valence-corrected chi connectivity index (χ0v) is 22.2. The van der Waals surface area contributed by atoms with Gasteiger partial charge in [-0.1, -0.05) is 12.1 Å². The van der Waals surface area contributed by atoms with E-state index in [0.29, 0.717) is 6.42 Å². The lowest BCUT2D eigenvalue weighted by Crippen LogP contribution is -2.57. The second-order valence-electron chi connectivity index (χ2n) is 10.7. The summed E-state index contributed by atoms with van der Waals surface area (Å²) < 4.78 is 76.0. The summed E-state index contributed by atoms with van der Waals surface area (Å²) in [7, 11) is -0.817. The number of benzene rings is 1. The molecule has 2 saturated heterocycles. The van der Waals surface area contributed by atoms with Crippen molar-refractivity contribution in [3.63, 3.8) is 0 Å². The number of nitrogens with one attached hydrogen (secondary N) is 1. The van der Waals surface area contributed by atoms with Gasteiger partial charge in [0.2, 0.25) is 0 Å². The van der Waals surface area contributed by atoms with Crippen LogP contribution in [0.4, 0.5) is 18.0 Å². The van der Waals surface area contributed by atoms with Crippen LogP contribution < -0.4 is 4.72 Å². The van der Waals surface area contributed by atoms with Gasteiger partial charge >= 0.3 is 6.03 Å². The van der Waals surface area contributed by atoms with Crippen molar-refractivity contribution >= 4 is 16.2 Å². The fourth-order valence-corrected chi connectivity index (χ4v) is 6.41. The highest BCUT2D eigenvalue weighted by molar-refractivity contribution is 7.87. The van der Waals surface area contributed by atoms with Crippen LogP contribution in [-0.4, -0.2) is 93.5 Å². The molecular formula is C25H37F3N4O4S. The summed E-state index contributed by atoms with van der Waals surface area (Å²) in [4.78, 5) is 15.7. The van der Waals surface area contributed by atoms with Gasteiger partial charge in [0.25, 0.3) is 16.1 Å². The van der Waals surface area contributed by atoms with Crippen molar-refractivity contribution in [2.24, 2.45) is 5.92 Å². The molecule has 3 aliphatic rings. The van der Waals surface area contributed by atoms with Crippen LogP contribution in [0, 0.1) is 11.7 Å². The van der Waals surface area contributed by atoms with Crippen molar-refractivity contribution < 1.29 is 31.1 Å². The number of carbonyl (C=O) groups excluding carboxylic acids is 1. The van der Waals surface area contributed by atoms with Crippen molar-refractivity contribution in [3.05, 3.63) is 35.6 Å². The molecular weight excluding hydrogens is 509 g/mol. The average molecular weight is 547 g/mol. The van der Waals surface area contributed by atoms with Crippen LogP contribution in [0.25, 0.3) is 0 Å². The highest BCUT2D eigenvalue weighted by Gasteiger charge is 2.43. The molecule has 37 heavy (non-hydrogen) atoms. The molecule has 12 heteroatoms. The van der Waals surface area contributed by atoms with Gasteiger partial charge in [-0.15, -0.1) is 0 Å². The Labute approximate surface area is 217 Å². The van der Waals surface area contributed by atoms with Crippen LogP contribution in [0.3, 0.4) is 0 Å². The fraction of sp³-hybridized carbons (Fsp3) is 0.720. The Balaban J connectivity index is 1.36. The van der Waals surface area contributed by atoms with Gasteiger partial charge in [0.05, 0.1) is 19.3 Å². The first-order valence-corrected chi connectivity index (χ1v) is 14.4. The van der Waals surface area contributed by atoms with E-state index < -0.39 is 34.7 Å². The molecule has 4 rings (SSSR count). The highest BCUT2D eigenvalue weighted by atomic mass is 32.2. The van der Waals surface area contributed by atoms with E-state index in [2.05, 4.69) is 4.72 Å². The minimum Gasteiger partial charge on any atom is -0.378 e. The number of piperidine rings is 1. The van der Waals surface area contributed by atoms with Gasteiger partial charge in [-0.05, 0) is 55.7 Å². The maximum atomic E-state index is 13.7. The zero-order valence-electron chi connectivity index (χ0n) is 21.4. The lowest BCUT2D eigenvalue weighted by Gasteiger charge is -2.41. The molecule has 1 saturated carbocycles. The maximum absolute atomic E-state index is 13.7. The van der Waals surface area contributed by atoms with E-state index >= 15 is 0 Å². The number of carbonyl (C=O) groups is 1. The van der Waals surface area contributed by atoms with Crippen LogP contribution in [0.15, 0.2) is 24.3 Å². The molecule has 1 aliphatic carbocycles. The molecule has 0 bridgehead atoms. The zero-order chi connectivity index (χ0) is 26.8. The Hall–Kier alpha value is -1.89. The topological polar surface area (TPSA) is 82.2 Å². The number of amides is 2. The molecule has 2 amide bonds. The number of hydrogen-bond donors (Lipinski definition) is 1. The van der Waals surface area contributed by atoms with E-state index in [1.54, 1.807) is 12.1 Å². The molecule has 1 unspecified atom stereocenters. The van der Waals surface area contributed by atoms with E-state index in [4.69, 9.17) is 4.74 Å². The summed E-state index contributed by atoms with van der Waals surface area (Å²) in [5.74, 6) is -3.16. The first kappa shape index (κ1) is 28.1. The Bertz CT molecular complexity index is 1050. The Morgan fingerprint density at radius 1 is 1.14 bits per heavy atom. The predicted molar refractivity (Wildman–Crippen MR) is 133 cm³/mol. The minimum atomic E-state index is -3.70. The van der Waals surface area contributed by atoms with Crippen molar-refractivity contribution in [1.82, 2.24) is 18.8 Å². The lowest BCUT2D eigenvalue weighted by molar-refractivity contribution is -0.0154. The van der Waals surface area contributed by atoms with E-state index in [9.17, 15) is 26.4 Å². The smallest absolute Gasteiger partial charge is 0.320 e. The van der Waals surface area contributed by atoms with Crippen LogP contribution >= 0.6 is 0 Å². The first-order valence-electron chi connectivity index (χ1n) is 12.9. The summed E-state index contributed by atoms with van der Waals surface area (Å²) in [5, 5.41) is 0. The largest absolute Gasteiger partial charge is 0.378 e. The van der Waals surface area contributed by atoms with Crippen LogP contribution in [0.2, 0.25) is 0 Å². The molecule has 208 valence electrons. The van der Waals surface area contributed by atoms with Crippen LogP contribution in [0.5, 0.6) is 0 Å². The number of hydrogen-bond acceptors (Lipinski definition) is 4. The quantitative estimate of drug-likeness (QED) is 0.568. The third-order valence-corrected chi connectivity index (χ3v) is 9.33. The molecule has 1 aromatic carbocycles. The Kier molecular flexibility index (Phi) is 8.72. The van der Waals surface area contributed by atoms with Gasteiger partial charge in [0.1, 0.15) is 5.82 Å². The predicted octanol–water partition coefficient (Wildman–Crippen LogP) is 3.42. The van der Waals surface area contributed by atoms with Gasteiger partial charge < -0.3 is 14.5 Å². The monoisotopic (exact) mass is 546 g/mol. The summed E-state index contributed by atoms with van der Waals surface area (Å²) in [6.07, 6.45) is 3.33. The van der Waals surface area contributed by atoms with E-state index in [1.807, 2.05) is 6.07 Å². The number of halogens is 3. The van der Waals surface area contributed by atoms with Gasteiger partial charge in [0, 0.05) is 52.1 Å². The van der Waals surface area contributed by atoms with Crippen molar-refractivity contribution in [1.29, 1.82) is 0 Å². The number of ether oxygens (including phenoxy) is 1. The summed E-state index contributed by atoms with van der Waals surface area (Å²) in [6.45, 7) is 0.163. The highest BCUT2D eigenvalue weighted by Crippen LogP contribution is 2.35. The van der Waals surface area contributed by atoms with Gasteiger partial charge in [0.15, 0.2) is 0 Å². The summed E-state index contributed by atoms with van der Waals surface area (Å²) in [6, 6.07) is 5.80. The number of rotatable bonds is 7. The molecule has 2 aliphatic heterocycles. The summed E-state index contributed by atoms with van der Waals surface area (Å²) >= 11 is 0. The third-order valence-electron chi connectivity index (χ3n) is 7.77. The molecule has 1 aromatic rings. The molecule has 0 spiro atoms. The molecule has 3 fully saturated rings. The molecule has 0 radical (unpaired) electrons. The van der Waals surface area contributed by atoms with E-state index in [1.165, 1.54) is 30.0 Å². The third kappa shape index (κ3) is 7.15. The second-order valence-corrected chi connectivity index (χ2v) is 12.6. The number of urea groups is 1. The van der Waals surface area contributed by atoms with Crippen molar-refractivity contribution in [3.8, 4) is 0 Å². The normalized spacial score (nSPS) is 28.6. The standard InChI is InChI=1S/C25H37F3N4O4S/c1-30(2)37(34,35)29-23-10-12-31(24(33)32-13-11-25(27,28)17-32)15-20(23)16-36-22-8-6-18(7-9-22)19-4-3-5-21(26)14-19/h3-5,14,18,20,22-23,29H,6-13,15-17H2,1-2H3/t18?,20?,22?,23-/m0/s1. The SMILES string of the molecule is CN(C)S(=O)(=O)N[C@H]1CCN(C(=O)N2CCC(F)(F)C2)CC1COC1CCC(c2cccc(F)c2)CC1. The molecule has 2 heterocycles. The van der Waals surface area contributed by atoms with Gasteiger partial charge in [-0.25, -0.2) is 18.0 Å². The number of nitrogens with zero attached hydrogens (tertiary/aromatic N) is 3. The number of alkyl halides is 2. The van der Waals surface area contributed by atoms with Crippen molar-refractivity contribution in [2.45, 2.75) is 62.5 Å². The number of likely N-dealkylation sites (tertiary alicyclic amines) is 2. The van der Waals surface area contributed by atoms with Gasteiger partial charge in [-0.3, -0.25) is 0 Å². The van der Waals surface area contributed by atoms with Crippen LogP contribution in [0.1, 0.15) is 50.0 Å². The van der Waals surface area contributed by atoms with E-state index in [0.717, 1.165) is 35.6 Å². The lowest BCUT2D eigenvalue weighted by atomic mass is 9.82. The molecule has 8 nitrogen and oxygen atoms in total. The van der Waals surface area contributed by atoms with Gasteiger partial charge in [-0.2, -0.15) is 17.4 Å². The minimum absolute atomic E-state index is 0.00867.